The number of anilines is 1. The molecule has 132 valence electrons. The van der Waals surface area contributed by atoms with Gasteiger partial charge >= 0.3 is 5.97 Å². The van der Waals surface area contributed by atoms with Crippen molar-refractivity contribution in [2.75, 3.05) is 5.32 Å². The van der Waals surface area contributed by atoms with Gasteiger partial charge in [0, 0.05) is 10.8 Å². The van der Waals surface area contributed by atoms with Gasteiger partial charge in [0.1, 0.15) is 5.00 Å². The third-order valence-electron chi connectivity index (χ3n) is 5.42. The van der Waals surface area contributed by atoms with Gasteiger partial charge in [0.15, 0.2) is 0 Å². The molecule has 1 aromatic heterocycles. The van der Waals surface area contributed by atoms with Crippen LogP contribution in [0.3, 0.4) is 0 Å². The second kappa shape index (κ2) is 6.87. The third-order valence-corrected chi connectivity index (χ3v) is 6.48. The Morgan fingerprint density at radius 3 is 2.58 bits per heavy atom. The van der Waals surface area contributed by atoms with Crippen molar-refractivity contribution in [2.45, 2.75) is 65.9 Å². The topological polar surface area (TPSA) is 55.4 Å². The molecule has 0 spiro atoms. The van der Waals surface area contributed by atoms with Gasteiger partial charge in [0.25, 0.3) is 0 Å². The van der Waals surface area contributed by atoms with Crippen LogP contribution in [0.15, 0.2) is 0 Å². The van der Waals surface area contributed by atoms with Crippen LogP contribution in [-0.4, -0.2) is 18.0 Å². The van der Waals surface area contributed by atoms with Crippen molar-refractivity contribution < 1.29 is 14.3 Å². The Morgan fingerprint density at radius 2 is 2.04 bits per heavy atom. The Kier molecular flexibility index (Phi) is 5.00. The smallest absolute Gasteiger partial charge is 0.341 e. The molecule has 2 fully saturated rings. The summed E-state index contributed by atoms with van der Waals surface area (Å²) in [5.74, 6) is 1.14. The fourth-order valence-corrected chi connectivity index (χ4v) is 5.49. The second-order valence-electron chi connectivity index (χ2n) is 7.42. The monoisotopic (exact) mass is 349 g/mol. The maximum Gasteiger partial charge on any atom is 0.341 e. The molecule has 2 saturated carbocycles. The number of fused-ring (bicyclic) bond motifs is 2. The van der Waals surface area contributed by atoms with E-state index in [2.05, 4.69) is 5.32 Å². The highest BCUT2D eigenvalue weighted by Crippen LogP contribution is 2.49. The van der Waals surface area contributed by atoms with E-state index in [1.807, 2.05) is 27.7 Å². The van der Waals surface area contributed by atoms with Gasteiger partial charge in [-0.25, -0.2) is 4.79 Å². The van der Waals surface area contributed by atoms with Crippen LogP contribution in [0, 0.1) is 24.7 Å². The third kappa shape index (κ3) is 3.23. The van der Waals surface area contributed by atoms with Crippen LogP contribution in [0.25, 0.3) is 0 Å². The predicted octanol–water partition coefficient (Wildman–Crippen LogP) is 4.56. The molecule has 3 unspecified atom stereocenters. The maximum atomic E-state index is 12.8. The van der Waals surface area contributed by atoms with E-state index in [9.17, 15) is 9.59 Å². The maximum absolute atomic E-state index is 12.8. The van der Waals surface area contributed by atoms with Crippen molar-refractivity contribution in [3.05, 3.63) is 16.0 Å². The average molecular weight is 349 g/mol. The summed E-state index contributed by atoms with van der Waals surface area (Å²) in [5, 5.41) is 3.74. The minimum Gasteiger partial charge on any atom is -0.459 e. The Labute approximate surface area is 148 Å². The zero-order valence-corrected chi connectivity index (χ0v) is 15.8. The van der Waals surface area contributed by atoms with Crippen molar-refractivity contribution in [3.8, 4) is 0 Å². The van der Waals surface area contributed by atoms with E-state index in [1.54, 1.807) is 0 Å². The number of hydrogen-bond acceptors (Lipinski definition) is 4. The van der Waals surface area contributed by atoms with E-state index in [4.69, 9.17) is 4.74 Å². The Bertz CT molecular complexity index is 649. The number of carbonyl (C=O) groups is 2. The fourth-order valence-electron chi connectivity index (χ4n) is 4.35. The zero-order chi connectivity index (χ0) is 17.4. The van der Waals surface area contributed by atoms with Crippen LogP contribution < -0.4 is 5.32 Å². The van der Waals surface area contributed by atoms with Crippen molar-refractivity contribution in [2.24, 2.45) is 17.8 Å². The van der Waals surface area contributed by atoms with Crippen molar-refractivity contribution in [1.82, 2.24) is 0 Å². The quantitative estimate of drug-likeness (QED) is 0.793. The first-order valence-corrected chi connectivity index (χ1v) is 9.86. The van der Waals surface area contributed by atoms with Gasteiger partial charge in [-0.05, 0) is 63.9 Å². The van der Waals surface area contributed by atoms with E-state index in [-0.39, 0.29) is 23.9 Å². The first-order chi connectivity index (χ1) is 11.4. The fraction of sp³-hybridized carbons (Fsp3) is 0.684. The molecule has 3 rings (SSSR count). The normalized spacial score (nSPS) is 25.3. The lowest BCUT2D eigenvalue weighted by molar-refractivity contribution is -0.121. The van der Waals surface area contributed by atoms with Crippen LogP contribution in [0.4, 0.5) is 5.00 Å². The first-order valence-electron chi connectivity index (χ1n) is 9.04. The molecule has 0 aliphatic heterocycles. The largest absolute Gasteiger partial charge is 0.459 e. The Morgan fingerprint density at radius 1 is 1.29 bits per heavy atom. The number of ether oxygens (including phenoxy) is 1. The Hall–Kier alpha value is -1.36. The van der Waals surface area contributed by atoms with Crippen LogP contribution in [-0.2, 0) is 16.0 Å². The summed E-state index contributed by atoms with van der Waals surface area (Å²) in [6.07, 6.45) is 5.25. The van der Waals surface area contributed by atoms with E-state index in [0.29, 0.717) is 16.5 Å². The molecule has 24 heavy (non-hydrogen) atoms. The van der Waals surface area contributed by atoms with E-state index in [0.717, 1.165) is 29.2 Å². The highest BCUT2D eigenvalue weighted by Gasteiger charge is 2.43. The number of carbonyl (C=O) groups excluding carboxylic acids is 2. The molecule has 1 heterocycles. The lowest BCUT2D eigenvalue weighted by Crippen LogP contribution is -2.27. The molecule has 1 amide bonds. The molecule has 2 aliphatic rings. The highest BCUT2D eigenvalue weighted by atomic mass is 32.1. The van der Waals surface area contributed by atoms with Crippen LogP contribution in [0.5, 0.6) is 0 Å². The summed E-state index contributed by atoms with van der Waals surface area (Å²) in [7, 11) is 0. The van der Waals surface area contributed by atoms with Gasteiger partial charge in [-0.1, -0.05) is 13.3 Å². The van der Waals surface area contributed by atoms with Gasteiger partial charge in [-0.3, -0.25) is 4.79 Å². The summed E-state index contributed by atoms with van der Waals surface area (Å²) in [6, 6.07) is 0. The average Bonchev–Trinajstić information content (AvgIpc) is 3.20. The van der Waals surface area contributed by atoms with Gasteiger partial charge in [0.2, 0.25) is 5.91 Å². The van der Waals surface area contributed by atoms with Gasteiger partial charge < -0.3 is 10.1 Å². The molecule has 4 nitrogen and oxygen atoms in total. The number of amides is 1. The summed E-state index contributed by atoms with van der Waals surface area (Å²) in [4.78, 5) is 26.4. The predicted molar refractivity (Wildman–Crippen MR) is 96.6 cm³/mol. The lowest BCUT2D eigenvalue weighted by Gasteiger charge is -2.20. The molecule has 2 aliphatic carbocycles. The molecule has 1 aromatic rings. The summed E-state index contributed by atoms with van der Waals surface area (Å²) in [6.45, 7) is 7.72. The molecule has 1 N–H and O–H groups in total. The minimum absolute atomic E-state index is 0.0877. The minimum atomic E-state index is -0.325. The SMILES string of the molecule is CCc1c(C)sc(NC(=O)C2CC3CCC2C3)c1C(=O)OC(C)C. The number of hydrogen-bond donors (Lipinski definition) is 1. The van der Waals surface area contributed by atoms with Crippen LogP contribution in [0.1, 0.15) is 67.3 Å². The summed E-state index contributed by atoms with van der Waals surface area (Å²) in [5.41, 5.74) is 1.55. The van der Waals surface area contributed by atoms with E-state index < -0.39 is 0 Å². The van der Waals surface area contributed by atoms with Crippen molar-refractivity contribution >= 4 is 28.2 Å². The number of aryl methyl sites for hydroxylation is 1. The standard InChI is InChI=1S/C19H27NO3S/c1-5-14-11(4)24-18(16(14)19(22)23-10(2)3)20-17(21)15-9-12-6-7-13(15)8-12/h10,12-13,15H,5-9H2,1-4H3,(H,20,21). The van der Waals surface area contributed by atoms with Crippen molar-refractivity contribution in [1.29, 1.82) is 0 Å². The summed E-state index contributed by atoms with van der Waals surface area (Å²) < 4.78 is 5.41. The molecular formula is C19H27NO3S. The molecule has 0 aromatic carbocycles. The second-order valence-corrected chi connectivity index (χ2v) is 8.64. The summed E-state index contributed by atoms with van der Waals surface area (Å²) >= 11 is 1.50. The Balaban J connectivity index is 1.82. The molecule has 0 saturated heterocycles. The zero-order valence-electron chi connectivity index (χ0n) is 15.0. The van der Waals surface area contributed by atoms with E-state index in [1.165, 1.54) is 30.6 Å². The van der Waals surface area contributed by atoms with E-state index >= 15 is 0 Å². The molecular weight excluding hydrogens is 322 g/mol. The van der Waals surface area contributed by atoms with Gasteiger partial charge in [0.05, 0.1) is 11.7 Å². The first kappa shape index (κ1) is 17.5. The highest BCUT2D eigenvalue weighted by molar-refractivity contribution is 7.16. The number of rotatable bonds is 5. The van der Waals surface area contributed by atoms with Gasteiger partial charge in [-0.2, -0.15) is 0 Å². The van der Waals surface area contributed by atoms with Gasteiger partial charge in [-0.15, -0.1) is 11.3 Å². The molecule has 0 radical (unpaired) electrons. The van der Waals surface area contributed by atoms with Crippen LogP contribution in [0.2, 0.25) is 0 Å². The lowest BCUT2D eigenvalue weighted by atomic mass is 9.88. The van der Waals surface area contributed by atoms with Crippen LogP contribution >= 0.6 is 11.3 Å². The number of thiophene rings is 1. The molecule has 3 atom stereocenters. The van der Waals surface area contributed by atoms with Crippen molar-refractivity contribution in [3.63, 3.8) is 0 Å². The molecule has 2 bridgehead atoms. The molecule has 5 heteroatoms. The number of esters is 1. The number of nitrogens with one attached hydrogen (secondary N) is 1.